The lowest BCUT2D eigenvalue weighted by Gasteiger charge is -2.08. The molecule has 2 heterocycles. The number of ether oxygens (including phenoxy) is 1. The molecule has 24 heavy (non-hydrogen) atoms. The van der Waals surface area contributed by atoms with E-state index in [0.29, 0.717) is 12.4 Å². The van der Waals surface area contributed by atoms with Crippen LogP contribution in [0.25, 0.3) is 17.0 Å². The minimum atomic E-state index is 0.499. The van der Waals surface area contributed by atoms with Gasteiger partial charge in [0.15, 0.2) is 0 Å². The van der Waals surface area contributed by atoms with Crippen molar-refractivity contribution in [2.24, 2.45) is 0 Å². The van der Waals surface area contributed by atoms with Crippen LogP contribution in [0.2, 0.25) is 5.02 Å². The van der Waals surface area contributed by atoms with Gasteiger partial charge in [0.2, 0.25) is 0 Å². The zero-order valence-corrected chi connectivity index (χ0v) is 13.4. The largest absolute Gasteiger partial charge is 0.489 e. The van der Waals surface area contributed by atoms with Crippen LogP contribution in [0.3, 0.4) is 0 Å². The van der Waals surface area contributed by atoms with Gasteiger partial charge in [0.05, 0.1) is 5.69 Å². The maximum absolute atomic E-state index is 5.88. The van der Waals surface area contributed by atoms with Crippen molar-refractivity contribution in [3.63, 3.8) is 0 Å². The van der Waals surface area contributed by atoms with Crippen LogP contribution in [0.5, 0.6) is 5.75 Å². The fourth-order valence-electron chi connectivity index (χ4n) is 2.43. The van der Waals surface area contributed by atoms with E-state index in [1.54, 1.807) is 10.7 Å². The van der Waals surface area contributed by atoms with Crippen molar-refractivity contribution in [1.82, 2.24) is 19.6 Å². The fraction of sp³-hybridized carbons (Fsp3) is 0.0556. The summed E-state index contributed by atoms with van der Waals surface area (Å²) in [4.78, 5) is 8.27. The fourth-order valence-corrected chi connectivity index (χ4v) is 2.55. The molecule has 6 heteroatoms. The molecule has 0 saturated heterocycles. The molecule has 0 amide bonds. The van der Waals surface area contributed by atoms with E-state index in [4.69, 9.17) is 16.3 Å². The van der Waals surface area contributed by atoms with Gasteiger partial charge in [-0.1, -0.05) is 23.7 Å². The lowest BCUT2D eigenvalue weighted by Crippen LogP contribution is -1.97. The Bertz CT molecular complexity index is 964. The zero-order valence-electron chi connectivity index (χ0n) is 12.6. The number of rotatable bonds is 4. The van der Waals surface area contributed by atoms with Crippen LogP contribution in [0.1, 0.15) is 5.56 Å². The van der Waals surface area contributed by atoms with Crippen LogP contribution in [0.4, 0.5) is 0 Å². The SMILES string of the molecule is Clc1ccc(COc2ccc(-c3ccnc4ncnn34)cc2)cc1. The molecule has 0 spiro atoms. The molecule has 4 aromatic rings. The molecule has 2 aromatic heterocycles. The molecule has 0 aliphatic carbocycles. The van der Waals surface area contributed by atoms with Crippen LogP contribution < -0.4 is 4.74 Å². The van der Waals surface area contributed by atoms with Gasteiger partial charge in [-0.05, 0) is 48.0 Å². The van der Waals surface area contributed by atoms with Crippen molar-refractivity contribution < 1.29 is 4.74 Å². The first-order valence-electron chi connectivity index (χ1n) is 7.42. The zero-order chi connectivity index (χ0) is 16.4. The lowest BCUT2D eigenvalue weighted by molar-refractivity contribution is 0.306. The normalized spacial score (nSPS) is 10.9. The monoisotopic (exact) mass is 336 g/mol. The van der Waals surface area contributed by atoms with Crippen molar-refractivity contribution in [2.75, 3.05) is 0 Å². The molecule has 0 bridgehead atoms. The number of hydrogen-bond acceptors (Lipinski definition) is 4. The number of nitrogens with zero attached hydrogens (tertiary/aromatic N) is 4. The molecule has 0 atom stereocenters. The number of hydrogen-bond donors (Lipinski definition) is 0. The summed E-state index contributed by atoms with van der Waals surface area (Å²) < 4.78 is 7.52. The van der Waals surface area contributed by atoms with Gasteiger partial charge < -0.3 is 4.74 Å². The van der Waals surface area contributed by atoms with Crippen LogP contribution in [0, 0.1) is 0 Å². The first kappa shape index (κ1) is 14.7. The van der Waals surface area contributed by atoms with E-state index in [9.17, 15) is 0 Å². The number of benzene rings is 2. The Hall–Kier alpha value is -2.92. The van der Waals surface area contributed by atoms with Crippen LogP contribution in [0.15, 0.2) is 67.1 Å². The third kappa shape index (κ3) is 2.94. The molecule has 0 saturated carbocycles. The average molecular weight is 337 g/mol. The predicted octanol–water partition coefficient (Wildman–Crippen LogP) is 4.02. The predicted molar refractivity (Wildman–Crippen MR) is 92.0 cm³/mol. The highest BCUT2D eigenvalue weighted by Crippen LogP contribution is 2.22. The van der Waals surface area contributed by atoms with E-state index >= 15 is 0 Å². The van der Waals surface area contributed by atoms with Crippen LogP contribution in [-0.4, -0.2) is 19.6 Å². The van der Waals surface area contributed by atoms with E-state index in [1.165, 1.54) is 6.33 Å². The second kappa shape index (κ2) is 6.29. The molecule has 0 radical (unpaired) electrons. The first-order valence-corrected chi connectivity index (χ1v) is 7.80. The van der Waals surface area contributed by atoms with Crippen molar-refractivity contribution in [1.29, 1.82) is 0 Å². The summed E-state index contributed by atoms with van der Waals surface area (Å²) in [6.45, 7) is 0.499. The van der Waals surface area contributed by atoms with E-state index in [0.717, 1.165) is 27.6 Å². The molecule has 0 aliphatic rings. The topological polar surface area (TPSA) is 52.3 Å². The second-order valence-corrected chi connectivity index (χ2v) is 5.68. The summed E-state index contributed by atoms with van der Waals surface area (Å²) in [6, 6.07) is 17.4. The standard InChI is InChI=1S/C18H13ClN4O/c19-15-5-1-13(2-6-15)11-24-16-7-3-14(4-8-16)17-9-10-20-18-21-12-22-23(17)18/h1-10,12H,11H2. The van der Waals surface area contributed by atoms with Gasteiger partial charge in [-0.15, -0.1) is 0 Å². The summed E-state index contributed by atoms with van der Waals surface area (Å²) in [7, 11) is 0. The van der Waals surface area contributed by atoms with E-state index < -0.39 is 0 Å². The number of halogens is 1. The summed E-state index contributed by atoms with van der Waals surface area (Å²) in [5.41, 5.74) is 3.02. The molecule has 0 aliphatic heterocycles. The van der Waals surface area contributed by atoms with Gasteiger partial charge in [0.25, 0.3) is 5.78 Å². The first-order chi connectivity index (χ1) is 11.8. The van der Waals surface area contributed by atoms with E-state index in [-0.39, 0.29) is 0 Å². The maximum Gasteiger partial charge on any atom is 0.252 e. The Morgan fingerprint density at radius 2 is 1.71 bits per heavy atom. The van der Waals surface area contributed by atoms with Crippen molar-refractivity contribution >= 4 is 17.4 Å². The van der Waals surface area contributed by atoms with Gasteiger partial charge >= 0.3 is 0 Å². The molecule has 2 aromatic carbocycles. The Morgan fingerprint density at radius 3 is 2.50 bits per heavy atom. The lowest BCUT2D eigenvalue weighted by atomic mass is 10.1. The minimum absolute atomic E-state index is 0.499. The van der Waals surface area contributed by atoms with Crippen molar-refractivity contribution in [3.8, 4) is 17.0 Å². The smallest absolute Gasteiger partial charge is 0.252 e. The summed E-state index contributed by atoms with van der Waals surface area (Å²) in [6.07, 6.45) is 3.22. The van der Waals surface area contributed by atoms with Gasteiger partial charge in [-0.2, -0.15) is 14.6 Å². The minimum Gasteiger partial charge on any atom is -0.489 e. The third-order valence-corrected chi connectivity index (χ3v) is 3.90. The highest BCUT2D eigenvalue weighted by atomic mass is 35.5. The summed E-state index contributed by atoms with van der Waals surface area (Å²) in [5.74, 6) is 1.38. The Balaban J connectivity index is 1.52. The van der Waals surface area contributed by atoms with Gasteiger partial charge in [-0.3, -0.25) is 0 Å². The number of fused-ring (bicyclic) bond motifs is 1. The molecule has 4 rings (SSSR count). The van der Waals surface area contributed by atoms with Crippen molar-refractivity contribution in [3.05, 3.63) is 77.7 Å². The van der Waals surface area contributed by atoms with Crippen LogP contribution in [-0.2, 0) is 6.61 Å². The van der Waals surface area contributed by atoms with Crippen LogP contribution >= 0.6 is 11.6 Å². The Labute approximate surface area is 143 Å². The summed E-state index contributed by atoms with van der Waals surface area (Å²) in [5, 5.41) is 4.92. The highest BCUT2D eigenvalue weighted by Gasteiger charge is 2.06. The van der Waals surface area contributed by atoms with Gasteiger partial charge in [0.1, 0.15) is 18.7 Å². The third-order valence-electron chi connectivity index (χ3n) is 3.65. The second-order valence-electron chi connectivity index (χ2n) is 5.24. The molecule has 0 N–H and O–H groups in total. The number of aromatic nitrogens is 4. The highest BCUT2D eigenvalue weighted by molar-refractivity contribution is 6.30. The molecular formula is C18H13ClN4O. The molecule has 5 nitrogen and oxygen atoms in total. The summed E-state index contributed by atoms with van der Waals surface area (Å²) >= 11 is 5.88. The van der Waals surface area contributed by atoms with Crippen molar-refractivity contribution in [2.45, 2.75) is 6.61 Å². The van der Waals surface area contributed by atoms with E-state index in [2.05, 4.69) is 15.1 Å². The molecule has 0 unspecified atom stereocenters. The van der Waals surface area contributed by atoms with E-state index in [1.807, 2.05) is 54.6 Å². The van der Waals surface area contributed by atoms with Gasteiger partial charge in [-0.25, -0.2) is 4.98 Å². The molecule has 118 valence electrons. The molecular weight excluding hydrogens is 324 g/mol. The molecule has 0 fully saturated rings. The Morgan fingerprint density at radius 1 is 0.917 bits per heavy atom. The maximum atomic E-state index is 5.88. The quantitative estimate of drug-likeness (QED) is 0.564. The Kier molecular flexibility index (Phi) is 3.84. The average Bonchev–Trinajstić information content (AvgIpc) is 3.10. The van der Waals surface area contributed by atoms with Gasteiger partial charge in [0, 0.05) is 16.8 Å².